The predicted octanol–water partition coefficient (Wildman–Crippen LogP) is 6.29. The third-order valence-electron chi connectivity index (χ3n) is 4.78. The van der Waals surface area contributed by atoms with E-state index in [4.69, 9.17) is 4.74 Å². The van der Waals surface area contributed by atoms with Crippen molar-refractivity contribution >= 4 is 34.3 Å². The molecule has 0 radical (unpaired) electrons. The molecule has 0 saturated heterocycles. The van der Waals surface area contributed by atoms with Gasteiger partial charge in [-0.15, -0.1) is 11.3 Å². The smallest absolute Gasteiger partial charge is 0.341 e. The van der Waals surface area contributed by atoms with E-state index in [2.05, 4.69) is 26.1 Å². The Kier molecular flexibility index (Phi) is 6.71. The molecule has 6 heteroatoms. The second-order valence-corrected chi connectivity index (χ2v) is 8.93. The van der Waals surface area contributed by atoms with Gasteiger partial charge in [-0.1, -0.05) is 57.2 Å². The molecule has 0 aliphatic carbocycles. The van der Waals surface area contributed by atoms with Crippen LogP contribution in [0.25, 0.3) is 17.2 Å². The molecule has 3 rings (SSSR count). The molecular formula is C25H24FNO3S. The van der Waals surface area contributed by atoms with Gasteiger partial charge < -0.3 is 10.1 Å². The molecule has 0 bridgehead atoms. The van der Waals surface area contributed by atoms with E-state index in [0.29, 0.717) is 16.1 Å². The molecule has 0 unspecified atom stereocenters. The van der Waals surface area contributed by atoms with E-state index in [1.54, 1.807) is 23.6 Å². The third-order valence-corrected chi connectivity index (χ3v) is 5.67. The van der Waals surface area contributed by atoms with Gasteiger partial charge in [0.2, 0.25) is 5.91 Å². The maximum atomic E-state index is 13.3. The monoisotopic (exact) mass is 437 g/mol. The number of nitrogens with one attached hydrogen (secondary N) is 1. The number of hydrogen-bond donors (Lipinski definition) is 1. The summed E-state index contributed by atoms with van der Waals surface area (Å²) in [5.74, 6) is -1.30. The molecule has 1 aromatic heterocycles. The predicted molar refractivity (Wildman–Crippen MR) is 124 cm³/mol. The van der Waals surface area contributed by atoms with E-state index in [1.807, 2.05) is 24.3 Å². The molecule has 160 valence electrons. The summed E-state index contributed by atoms with van der Waals surface area (Å²) >= 11 is 1.21. The lowest BCUT2D eigenvalue weighted by Crippen LogP contribution is -2.11. The minimum atomic E-state index is -0.572. The Hall–Kier alpha value is -3.25. The van der Waals surface area contributed by atoms with Crippen molar-refractivity contribution < 1.29 is 18.7 Å². The van der Waals surface area contributed by atoms with Crippen molar-refractivity contribution in [3.8, 4) is 11.1 Å². The van der Waals surface area contributed by atoms with Gasteiger partial charge >= 0.3 is 5.97 Å². The third kappa shape index (κ3) is 5.47. The number of amides is 1. The molecule has 0 aliphatic heterocycles. The van der Waals surface area contributed by atoms with Crippen molar-refractivity contribution in [2.24, 2.45) is 0 Å². The van der Waals surface area contributed by atoms with Crippen LogP contribution in [0.5, 0.6) is 0 Å². The van der Waals surface area contributed by atoms with Crippen molar-refractivity contribution in [2.75, 3.05) is 12.4 Å². The van der Waals surface area contributed by atoms with E-state index in [-0.39, 0.29) is 22.7 Å². The Morgan fingerprint density at radius 1 is 1.03 bits per heavy atom. The largest absolute Gasteiger partial charge is 0.465 e. The van der Waals surface area contributed by atoms with Crippen LogP contribution in [0.1, 0.15) is 42.3 Å². The van der Waals surface area contributed by atoms with E-state index >= 15 is 0 Å². The summed E-state index contributed by atoms with van der Waals surface area (Å²) in [6.07, 6.45) is 3.14. The minimum Gasteiger partial charge on any atom is -0.465 e. The number of anilines is 1. The van der Waals surface area contributed by atoms with E-state index < -0.39 is 5.97 Å². The lowest BCUT2D eigenvalue weighted by Gasteiger charge is -2.18. The van der Waals surface area contributed by atoms with Crippen LogP contribution in [0, 0.1) is 5.82 Å². The fourth-order valence-corrected chi connectivity index (χ4v) is 3.98. The summed E-state index contributed by atoms with van der Waals surface area (Å²) in [4.78, 5) is 24.8. The summed E-state index contributed by atoms with van der Waals surface area (Å²) in [7, 11) is 1.28. The fourth-order valence-electron chi connectivity index (χ4n) is 3.02. The van der Waals surface area contributed by atoms with Gasteiger partial charge in [0.15, 0.2) is 0 Å². The van der Waals surface area contributed by atoms with Crippen LogP contribution in [0.4, 0.5) is 9.39 Å². The SMILES string of the molecule is COC(=O)c1c(-c2ccc(F)cc2)csc1NC(=O)C=Cc1ccc(C(C)(C)C)cc1. The maximum Gasteiger partial charge on any atom is 0.341 e. The Labute approximate surface area is 185 Å². The number of carbonyl (C=O) groups excluding carboxylic acids is 2. The van der Waals surface area contributed by atoms with Crippen LogP contribution in [0.3, 0.4) is 0 Å². The van der Waals surface area contributed by atoms with Gasteiger partial charge in [0, 0.05) is 17.0 Å². The standard InChI is InChI=1S/C25H24FNO3S/c1-25(2,3)18-10-5-16(6-11-18)7-14-21(28)27-23-22(24(29)30-4)20(15-31-23)17-8-12-19(26)13-9-17/h5-15H,1-4H3,(H,27,28). The molecule has 0 saturated carbocycles. The zero-order valence-corrected chi connectivity index (χ0v) is 18.7. The summed E-state index contributed by atoms with van der Waals surface area (Å²) in [5.41, 5.74) is 3.65. The van der Waals surface area contributed by atoms with Crippen molar-refractivity contribution in [2.45, 2.75) is 26.2 Å². The van der Waals surface area contributed by atoms with Crippen LogP contribution in [-0.2, 0) is 14.9 Å². The van der Waals surface area contributed by atoms with Gasteiger partial charge in [-0.25, -0.2) is 9.18 Å². The van der Waals surface area contributed by atoms with E-state index in [0.717, 1.165) is 5.56 Å². The first-order chi connectivity index (χ1) is 14.7. The zero-order valence-electron chi connectivity index (χ0n) is 17.9. The highest BCUT2D eigenvalue weighted by Gasteiger charge is 2.22. The van der Waals surface area contributed by atoms with Gasteiger partial charge in [0.1, 0.15) is 16.4 Å². The van der Waals surface area contributed by atoms with Crippen LogP contribution < -0.4 is 5.32 Å². The van der Waals surface area contributed by atoms with Gasteiger partial charge in [-0.05, 0) is 40.3 Å². The van der Waals surface area contributed by atoms with Crippen molar-refractivity contribution in [1.82, 2.24) is 0 Å². The van der Waals surface area contributed by atoms with Gasteiger partial charge in [-0.2, -0.15) is 0 Å². The van der Waals surface area contributed by atoms with E-state index in [9.17, 15) is 14.0 Å². The molecule has 1 heterocycles. The summed E-state index contributed by atoms with van der Waals surface area (Å²) in [5, 5.41) is 4.87. The second-order valence-electron chi connectivity index (χ2n) is 8.05. The normalized spacial score (nSPS) is 11.5. The molecule has 1 amide bonds. The summed E-state index contributed by atoms with van der Waals surface area (Å²) < 4.78 is 18.2. The number of ether oxygens (including phenoxy) is 1. The van der Waals surface area contributed by atoms with Crippen LogP contribution in [0.15, 0.2) is 60.0 Å². The first kappa shape index (κ1) is 22.4. The lowest BCUT2D eigenvalue weighted by atomic mass is 9.87. The number of thiophene rings is 1. The number of methoxy groups -OCH3 is 1. The van der Waals surface area contributed by atoms with Gasteiger partial charge in [0.05, 0.1) is 7.11 Å². The second kappa shape index (κ2) is 9.27. The highest BCUT2D eigenvalue weighted by molar-refractivity contribution is 7.15. The van der Waals surface area contributed by atoms with Gasteiger partial charge in [-0.3, -0.25) is 4.79 Å². The van der Waals surface area contributed by atoms with Crippen molar-refractivity contribution in [1.29, 1.82) is 0 Å². The summed E-state index contributed by atoms with van der Waals surface area (Å²) in [6, 6.07) is 13.8. The Morgan fingerprint density at radius 2 is 1.68 bits per heavy atom. The Morgan fingerprint density at radius 3 is 2.26 bits per heavy atom. The highest BCUT2D eigenvalue weighted by Crippen LogP contribution is 2.36. The lowest BCUT2D eigenvalue weighted by molar-refractivity contribution is -0.111. The van der Waals surface area contributed by atoms with Gasteiger partial charge in [0.25, 0.3) is 0 Å². The average molecular weight is 438 g/mol. The molecular weight excluding hydrogens is 413 g/mol. The van der Waals surface area contributed by atoms with Crippen LogP contribution in [0.2, 0.25) is 0 Å². The highest BCUT2D eigenvalue weighted by atomic mass is 32.1. The van der Waals surface area contributed by atoms with Crippen LogP contribution >= 0.6 is 11.3 Å². The summed E-state index contributed by atoms with van der Waals surface area (Å²) in [6.45, 7) is 6.43. The zero-order chi connectivity index (χ0) is 22.6. The maximum absolute atomic E-state index is 13.3. The molecule has 31 heavy (non-hydrogen) atoms. The molecule has 0 fully saturated rings. The fraction of sp³-hybridized carbons (Fsp3) is 0.200. The van der Waals surface area contributed by atoms with Crippen LogP contribution in [-0.4, -0.2) is 19.0 Å². The number of rotatable bonds is 5. The first-order valence-electron chi connectivity index (χ1n) is 9.74. The quantitative estimate of drug-likeness (QED) is 0.377. The topological polar surface area (TPSA) is 55.4 Å². The van der Waals surface area contributed by atoms with Crippen molar-refractivity contribution in [3.63, 3.8) is 0 Å². The number of halogens is 1. The van der Waals surface area contributed by atoms with E-state index in [1.165, 1.54) is 42.2 Å². The Bertz CT molecular complexity index is 1110. The molecule has 0 aliphatic rings. The number of hydrogen-bond acceptors (Lipinski definition) is 4. The molecule has 3 aromatic rings. The number of esters is 1. The Balaban J connectivity index is 1.80. The molecule has 0 spiro atoms. The molecule has 2 aromatic carbocycles. The molecule has 1 N–H and O–H groups in total. The first-order valence-corrected chi connectivity index (χ1v) is 10.6. The van der Waals surface area contributed by atoms with Crippen molar-refractivity contribution in [3.05, 3.63) is 82.5 Å². The minimum absolute atomic E-state index is 0.0608. The number of carbonyl (C=O) groups is 2. The molecule has 0 atom stereocenters. The number of benzene rings is 2. The molecule has 4 nitrogen and oxygen atoms in total. The average Bonchev–Trinajstić information content (AvgIpc) is 3.15.